The quantitative estimate of drug-likeness (QED) is 0.549. The fourth-order valence-corrected chi connectivity index (χ4v) is 4.35. The van der Waals surface area contributed by atoms with Crippen LogP contribution < -0.4 is 4.90 Å². The van der Waals surface area contributed by atoms with Crippen LogP contribution in [-0.2, 0) is 9.59 Å². The number of benzene rings is 2. The van der Waals surface area contributed by atoms with Crippen LogP contribution in [0.4, 0.5) is 5.69 Å². The molecule has 0 spiro atoms. The number of para-hydroxylation sites is 1. The molecule has 1 aliphatic heterocycles. The second-order valence-corrected chi connectivity index (χ2v) is 7.97. The summed E-state index contributed by atoms with van der Waals surface area (Å²) < 4.78 is 0.496. The Morgan fingerprint density at radius 2 is 1.78 bits per heavy atom. The van der Waals surface area contributed by atoms with Crippen LogP contribution in [-0.4, -0.2) is 21.0 Å². The summed E-state index contributed by atoms with van der Waals surface area (Å²) in [6.45, 7) is 5.37. The molecule has 0 unspecified atom stereocenters. The van der Waals surface area contributed by atoms with Gasteiger partial charge < -0.3 is 0 Å². The van der Waals surface area contributed by atoms with Crippen molar-refractivity contribution in [3.63, 3.8) is 0 Å². The molecular formula is C21H20N2O2S2. The van der Waals surface area contributed by atoms with Crippen molar-refractivity contribution in [3.8, 4) is 0 Å². The largest absolute Gasteiger partial charge is 0.287 e. The molecule has 6 heteroatoms. The molecule has 0 aromatic heterocycles. The van der Waals surface area contributed by atoms with Crippen LogP contribution >= 0.6 is 24.0 Å². The molecule has 2 aromatic rings. The van der Waals surface area contributed by atoms with Gasteiger partial charge in [0, 0.05) is 13.1 Å². The van der Waals surface area contributed by atoms with E-state index in [1.807, 2.05) is 68.4 Å². The van der Waals surface area contributed by atoms with E-state index in [2.05, 4.69) is 0 Å². The number of anilines is 1. The van der Waals surface area contributed by atoms with Crippen LogP contribution in [0.5, 0.6) is 0 Å². The van der Waals surface area contributed by atoms with Crippen molar-refractivity contribution in [2.75, 3.05) is 4.90 Å². The van der Waals surface area contributed by atoms with Crippen LogP contribution in [0.1, 0.15) is 31.0 Å². The predicted molar refractivity (Wildman–Crippen MR) is 114 cm³/mol. The van der Waals surface area contributed by atoms with Crippen molar-refractivity contribution in [1.29, 1.82) is 0 Å². The van der Waals surface area contributed by atoms with E-state index in [4.69, 9.17) is 12.2 Å². The average molecular weight is 397 g/mol. The number of nitrogens with zero attached hydrogens (tertiary/aromatic N) is 2. The predicted octanol–water partition coefficient (Wildman–Crippen LogP) is 4.81. The molecule has 1 saturated heterocycles. The normalized spacial score (nSPS) is 16.7. The Morgan fingerprint density at radius 3 is 2.41 bits per heavy atom. The Labute approximate surface area is 168 Å². The zero-order chi connectivity index (χ0) is 19.6. The minimum absolute atomic E-state index is 0.161. The zero-order valence-electron chi connectivity index (χ0n) is 15.4. The van der Waals surface area contributed by atoms with Gasteiger partial charge in [0.25, 0.3) is 5.91 Å². The van der Waals surface area contributed by atoms with Crippen molar-refractivity contribution in [2.24, 2.45) is 0 Å². The molecule has 138 valence electrons. The maximum absolute atomic E-state index is 13.0. The van der Waals surface area contributed by atoms with Crippen molar-refractivity contribution >= 4 is 45.8 Å². The van der Waals surface area contributed by atoms with Gasteiger partial charge in [-0.15, -0.1) is 0 Å². The first-order valence-electron chi connectivity index (χ1n) is 8.57. The lowest BCUT2D eigenvalue weighted by Gasteiger charge is -2.23. The van der Waals surface area contributed by atoms with Gasteiger partial charge >= 0.3 is 0 Å². The third-order valence-corrected chi connectivity index (χ3v) is 5.77. The van der Waals surface area contributed by atoms with Gasteiger partial charge in [-0.05, 0) is 31.0 Å². The van der Waals surface area contributed by atoms with Crippen LogP contribution in [0.3, 0.4) is 0 Å². The fourth-order valence-electron chi connectivity index (χ4n) is 2.97. The lowest BCUT2D eigenvalue weighted by atomic mass is 10.1. The van der Waals surface area contributed by atoms with E-state index in [1.54, 1.807) is 11.1 Å². The summed E-state index contributed by atoms with van der Waals surface area (Å²) in [5.41, 5.74) is 2.72. The third-order valence-electron chi connectivity index (χ3n) is 4.45. The van der Waals surface area contributed by atoms with E-state index in [1.165, 1.54) is 23.6 Å². The molecule has 2 aromatic carbocycles. The SMILES string of the molecule is CC(=O)N(/C=C1\SC(=S)N([C@@H](C)c2ccccc2)C1=O)c1ccccc1C. The van der Waals surface area contributed by atoms with Gasteiger partial charge in [0.2, 0.25) is 5.91 Å². The van der Waals surface area contributed by atoms with Gasteiger partial charge in [-0.3, -0.25) is 19.4 Å². The molecule has 4 nitrogen and oxygen atoms in total. The van der Waals surface area contributed by atoms with Gasteiger partial charge in [-0.25, -0.2) is 0 Å². The summed E-state index contributed by atoms with van der Waals surface area (Å²) >= 11 is 6.68. The molecule has 0 saturated carbocycles. The minimum Gasteiger partial charge on any atom is -0.287 e. The van der Waals surface area contributed by atoms with E-state index in [-0.39, 0.29) is 17.9 Å². The summed E-state index contributed by atoms with van der Waals surface area (Å²) in [5, 5.41) is 0. The number of thiocarbonyl (C=S) groups is 1. The smallest absolute Gasteiger partial charge is 0.268 e. The highest BCUT2D eigenvalue weighted by atomic mass is 32.2. The van der Waals surface area contributed by atoms with Crippen molar-refractivity contribution in [3.05, 3.63) is 76.8 Å². The lowest BCUT2D eigenvalue weighted by Crippen LogP contribution is -2.31. The van der Waals surface area contributed by atoms with Gasteiger partial charge in [0.05, 0.1) is 16.6 Å². The number of hydrogen-bond acceptors (Lipinski definition) is 4. The number of rotatable bonds is 4. The van der Waals surface area contributed by atoms with Crippen LogP contribution in [0.15, 0.2) is 65.7 Å². The van der Waals surface area contributed by atoms with E-state index >= 15 is 0 Å². The highest BCUT2D eigenvalue weighted by Gasteiger charge is 2.36. The molecular weight excluding hydrogens is 376 g/mol. The summed E-state index contributed by atoms with van der Waals surface area (Å²) in [4.78, 5) is 28.8. The average Bonchev–Trinajstić information content (AvgIpc) is 2.93. The maximum Gasteiger partial charge on any atom is 0.268 e. The molecule has 0 radical (unpaired) electrons. The molecule has 1 atom stereocenters. The highest BCUT2D eigenvalue weighted by Crippen LogP contribution is 2.37. The standard InChI is InChI=1S/C21H20N2O2S2/c1-14-9-7-8-12-18(14)22(16(3)24)13-19-20(25)23(21(26)27-19)15(2)17-10-5-4-6-11-17/h4-13,15H,1-3H3/b19-13-/t15-/m0/s1. The van der Waals surface area contributed by atoms with Crippen molar-refractivity contribution in [2.45, 2.75) is 26.8 Å². The maximum atomic E-state index is 13.0. The number of amides is 2. The Kier molecular flexibility index (Phi) is 5.77. The van der Waals surface area contributed by atoms with Crippen LogP contribution in [0.25, 0.3) is 0 Å². The summed E-state index contributed by atoms with van der Waals surface area (Å²) in [6.07, 6.45) is 1.60. The van der Waals surface area contributed by atoms with Crippen LogP contribution in [0, 0.1) is 6.92 Å². The van der Waals surface area contributed by atoms with E-state index in [9.17, 15) is 9.59 Å². The van der Waals surface area contributed by atoms with Gasteiger partial charge in [-0.2, -0.15) is 0 Å². The molecule has 3 rings (SSSR count). The summed E-state index contributed by atoms with van der Waals surface area (Å²) in [6, 6.07) is 17.2. The molecule has 2 amide bonds. The Bertz CT molecular complexity index is 925. The second-order valence-electron chi connectivity index (χ2n) is 6.30. The molecule has 1 heterocycles. The van der Waals surface area contributed by atoms with E-state index in [0.29, 0.717) is 9.23 Å². The van der Waals surface area contributed by atoms with E-state index in [0.717, 1.165) is 16.8 Å². The van der Waals surface area contributed by atoms with Gasteiger partial charge in [0.1, 0.15) is 4.32 Å². The second kappa shape index (κ2) is 8.06. The number of thioether (sulfide) groups is 1. The van der Waals surface area contributed by atoms with E-state index < -0.39 is 0 Å². The minimum atomic E-state index is -0.179. The summed E-state index contributed by atoms with van der Waals surface area (Å²) in [5.74, 6) is -0.341. The number of carbonyl (C=O) groups is 2. The third kappa shape index (κ3) is 3.96. The lowest BCUT2D eigenvalue weighted by molar-refractivity contribution is -0.123. The molecule has 1 fully saturated rings. The molecule has 27 heavy (non-hydrogen) atoms. The van der Waals surface area contributed by atoms with Gasteiger partial charge in [0.15, 0.2) is 0 Å². The molecule has 1 aliphatic rings. The Morgan fingerprint density at radius 1 is 1.15 bits per heavy atom. The topological polar surface area (TPSA) is 40.6 Å². The van der Waals surface area contributed by atoms with Crippen molar-refractivity contribution < 1.29 is 9.59 Å². The summed E-state index contributed by atoms with van der Waals surface area (Å²) in [7, 11) is 0. The Hall–Kier alpha value is -2.44. The fraction of sp³-hybridized carbons (Fsp3) is 0.190. The number of carbonyl (C=O) groups excluding carboxylic acids is 2. The molecule has 0 bridgehead atoms. The molecule has 0 N–H and O–H groups in total. The Balaban J connectivity index is 1.93. The first kappa shape index (κ1) is 19.3. The number of hydrogen-bond donors (Lipinski definition) is 0. The number of aryl methyl sites for hydroxylation is 1. The highest BCUT2D eigenvalue weighted by molar-refractivity contribution is 8.26. The zero-order valence-corrected chi connectivity index (χ0v) is 17.0. The van der Waals surface area contributed by atoms with Crippen molar-refractivity contribution in [1.82, 2.24) is 4.90 Å². The monoisotopic (exact) mass is 396 g/mol. The van der Waals surface area contributed by atoms with Gasteiger partial charge in [-0.1, -0.05) is 72.5 Å². The van der Waals surface area contributed by atoms with Crippen LogP contribution in [0.2, 0.25) is 0 Å². The first-order chi connectivity index (χ1) is 12.9. The first-order valence-corrected chi connectivity index (χ1v) is 9.80. The molecule has 0 aliphatic carbocycles.